The summed E-state index contributed by atoms with van der Waals surface area (Å²) in [6, 6.07) is 25.8. The van der Waals surface area contributed by atoms with E-state index in [2.05, 4.69) is 47.0 Å². The quantitative estimate of drug-likeness (QED) is 0.145. The molecule has 4 rings (SSSR count). The average molecular weight is 522 g/mol. The standard InChI is InChI=1S/C28H27N9O2/c1-19(38)31-24-12-8-21(9-13-24)17-29-36-27-16-26(33-23-6-4-3-5-7-23)34-28(35-27)37-30-18-22-10-14-25(15-11-22)32-20(2)39/h3-18H,1-2H3,(H,31,38)(H,32,39)(H3,33,34,35,36,37). The first kappa shape index (κ1) is 26.5. The third kappa shape index (κ3) is 8.79. The van der Waals surface area contributed by atoms with Gasteiger partial charge in [-0.3, -0.25) is 15.0 Å². The van der Waals surface area contributed by atoms with Crippen LogP contribution in [0.25, 0.3) is 0 Å². The van der Waals surface area contributed by atoms with E-state index in [-0.39, 0.29) is 17.8 Å². The highest BCUT2D eigenvalue weighted by Gasteiger charge is 2.05. The third-order valence-electron chi connectivity index (χ3n) is 5.01. The monoisotopic (exact) mass is 521 g/mol. The maximum Gasteiger partial charge on any atom is 0.247 e. The maximum absolute atomic E-state index is 11.2. The SMILES string of the molecule is CC(=O)Nc1ccc(C=NNc2cc(Nc3ccccc3)nc(NN=Cc3ccc(NC(C)=O)cc3)n2)cc1. The lowest BCUT2D eigenvalue weighted by Gasteiger charge is -2.09. The second-order valence-corrected chi connectivity index (χ2v) is 8.30. The van der Waals surface area contributed by atoms with Crippen molar-refractivity contribution in [3.8, 4) is 0 Å². The lowest BCUT2D eigenvalue weighted by atomic mass is 10.2. The van der Waals surface area contributed by atoms with Gasteiger partial charge in [0.05, 0.1) is 12.4 Å². The highest BCUT2D eigenvalue weighted by molar-refractivity contribution is 5.90. The number of nitrogens with one attached hydrogen (secondary N) is 5. The Morgan fingerprint density at radius 2 is 1.15 bits per heavy atom. The van der Waals surface area contributed by atoms with Crippen LogP contribution in [0.3, 0.4) is 0 Å². The van der Waals surface area contributed by atoms with Gasteiger partial charge in [0.1, 0.15) is 5.82 Å². The van der Waals surface area contributed by atoms with Gasteiger partial charge < -0.3 is 16.0 Å². The molecule has 3 aromatic carbocycles. The number of amides is 2. The molecule has 0 saturated carbocycles. The zero-order valence-electron chi connectivity index (χ0n) is 21.3. The molecule has 1 aromatic heterocycles. The molecule has 2 amide bonds. The van der Waals surface area contributed by atoms with Gasteiger partial charge in [0.2, 0.25) is 17.8 Å². The lowest BCUT2D eigenvalue weighted by Crippen LogP contribution is -2.05. The van der Waals surface area contributed by atoms with Gasteiger partial charge in [-0.25, -0.2) is 5.43 Å². The van der Waals surface area contributed by atoms with Gasteiger partial charge >= 0.3 is 0 Å². The highest BCUT2D eigenvalue weighted by Crippen LogP contribution is 2.19. The fourth-order valence-electron chi connectivity index (χ4n) is 3.34. The predicted octanol–water partition coefficient (Wildman–Crippen LogP) is 5.03. The van der Waals surface area contributed by atoms with Gasteiger partial charge in [0.25, 0.3) is 0 Å². The maximum atomic E-state index is 11.2. The Morgan fingerprint density at radius 1 is 0.641 bits per heavy atom. The molecular formula is C28H27N9O2. The smallest absolute Gasteiger partial charge is 0.247 e. The van der Waals surface area contributed by atoms with Crippen LogP contribution in [-0.2, 0) is 9.59 Å². The molecule has 0 aliphatic carbocycles. The normalized spacial score (nSPS) is 10.8. The van der Waals surface area contributed by atoms with Gasteiger partial charge in [-0.05, 0) is 47.5 Å². The number of nitrogens with zero attached hydrogens (tertiary/aromatic N) is 4. The van der Waals surface area contributed by atoms with Crippen LogP contribution in [-0.4, -0.2) is 34.2 Å². The Kier molecular flexibility index (Phi) is 8.90. The van der Waals surface area contributed by atoms with E-state index in [0.717, 1.165) is 16.8 Å². The van der Waals surface area contributed by atoms with E-state index in [0.29, 0.717) is 23.0 Å². The van der Waals surface area contributed by atoms with Crippen molar-refractivity contribution >= 4 is 58.9 Å². The molecule has 0 saturated heterocycles. The van der Waals surface area contributed by atoms with E-state index >= 15 is 0 Å². The largest absolute Gasteiger partial charge is 0.340 e. The number of hydrazone groups is 2. The molecule has 0 spiro atoms. The average Bonchev–Trinajstić information content (AvgIpc) is 2.91. The first-order valence-corrected chi connectivity index (χ1v) is 12.0. The highest BCUT2D eigenvalue weighted by atomic mass is 16.2. The molecule has 39 heavy (non-hydrogen) atoms. The summed E-state index contributed by atoms with van der Waals surface area (Å²) < 4.78 is 0. The van der Waals surface area contributed by atoms with Crippen molar-refractivity contribution in [3.05, 3.63) is 96.1 Å². The molecule has 0 fully saturated rings. The number of para-hydroxylation sites is 1. The molecule has 1 heterocycles. The van der Waals surface area contributed by atoms with Gasteiger partial charge in [-0.15, -0.1) is 0 Å². The van der Waals surface area contributed by atoms with E-state index in [1.54, 1.807) is 42.8 Å². The Morgan fingerprint density at radius 3 is 1.69 bits per heavy atom. The van der Waals surface area contributed by atoms with E-state index in [1.165, 1.54) is 13.8 Å². The summed E-state index contributed by atoms with van der Waals surface area (Å²) in [6.45, 7) is 2.92. The summed E-state index contributed by atoms with van der Waals surface area (Å²) in [5.74, 6) is 0.959. The van der Waals surface area contributed by atoms with Crippen molar-refractivity contribution in [3.63, 3.8) is 0 Å². The summed E-state index contributed by atoms with van der Waals surface area (Å²) in [5, 5.41) is 17.2. The lowest BCUT2D eigenvalue weighted by molar-refractivity contribution is -0.115. The summed E-state index contributed by atoms with van der Waals surface area (Å²) >= 11 is 0. The number of hydrogen-bond donors (Lipinski definition) is 5. The Balaban J connectivity index is 1.46. The minimum absolute atomic E-state index is 0.129. The van der Waals surface area contributed by atoms with E-state index < -0.39 is 0 Å². The zero-order chi connectivity index (χ0) is 27.5. The molecule has 11 heteroatoms. The van der Waals surface area contributed by atoms with Crippen LogP contribution in [0.15, 0.2) is 95.1 Å². The minimum Gasteiger partial charge on any atom is -0.340 e. The molecule has 0 radical (unpaired) electrons. The minimum atomic E-state index is -0.132. The van der Waals surface area contributed by atoms with E-state index in [9.17, 15) is 9.59 Å². The summed E-state index contributed by atoms with van der Waals surface area (Å²) in [6.07, 6.45) is 3.26. The summed E-state index contributed by atoms with van der Waals surface area (Å²) in [7, 11) is 0. The van der Waals surface area contributed by atoms with Crippen LogP contribution < -0.4 is 26.8 Å². The second kappa shape index (κ2) is 13.1. The number of rotatable bonds is 10. The molecule has 0 atom stereocenters. The van der Waals surface area contributed by atoms with Gasteiger partial charge in [-0.1, -0.05) is 42.5 Å². The van der Waals surface area contributed by atoms with Crippen molar-refractivity contribution < 1.29 is 9.59 Å². The Bertz CT molecular complexity index is 1380. The third-order valence-corrected chi connectivity index (χ3v) is 5.01. The van der Waals surface area contributed by atoms with Crippen molar-refractivity contribution in [2.75, 3.05) is 26.8 Å². The van der Waals surface area contributed by atoms with Crippen LogP contribution >= 0.6 is 0 Å². The first-order chi connectivity index (χ1) is 18.9. The molecule has 0 bridgehead atoms. The van der Waals surface area contributed by atoms with Crippen molar-refractivity contribution in [1.82, 2.24) is 9.97 Å². The Labute approximate surface area is 225 Å². The van der Waals surface area contributed by atoms with Crippen LogP contribution in [0.5, 0.6) is 0 Å². The van der Waals surface area contributed by atoms with Crippen molar-refractivity contribution in [1.29, 1.82) is 0 Å². The number of hydrogen-bond acceptors (Lipinski definition) is 9. The van der Waals surface area contributed by atoms with Crippen molar-refractivity contribution in [2.24, 2.45) is 10.2 Å². The summed E-state index contributed by atoms with van der Waals surface area (Å²) in [4.78, 5) is 31.3. The van der Waals surface area contributed by atoms with Crippen LogP contribution in [0.4, 0.5) is 34.6 Å². The number of carbonyl (C=O) groups is 2. The van der Waals surface area contributed by atoms with Gasteiger partial charge in [0.15, 0.2) is 5.82 Å². The first-order valence-electron chi connectivity index (χ1n) is 12.0. The number of anilines is 6. The molecule has 11 nitrogen and oxygen atoms in total. The zero-order valence-corrected chi connectivity index (χ0v) is 21.3. The Hall–Kier alpha value is -5.58. The fraction of sp³-hybridized carbons (Fsp3) is 0.0714. The fourth-order valence-corrected chi connectivity index (χ4v) is 3.34. The second-order valence-electron chi connectivity index (χ2n) is 8.30. The van der Waals surface area contributed by atoms with Crippen molar-refractivity contribution in [2.45, 2.75) is 13.8 Å². The number of carbonyl (C=O) groups excluding carboxylic acids is 2. The van der Waals surface area contributed by atoms with Crippen LogP contribution in [0.2, 0.25) is 0 Å². The molecule has 0 aliphatic rings. The van der Waals surface area contributed by atoms with E-state index in [1.807, 2.05) is 54.6 Å². The van der Waals surface area contributed by atoms with Crippen LogP contribution in [0.1, 0.15) is 25.0 Å². The number of aromatic nitrogens is 2. The number of benzene rings is 3. The molecule has 196 valence electrons. The van der Waals surface area contributed by atoms with Crippen LogP contribution in [0, 0.1) is 0 Å². The molecular weight excluding hydrogens is 494 g/mol. The topological polar surface area (TPSA) is 145 Å². The summed E-state index contributed by atoms with van der Waals surface area (Å²) in [5.41, 5.74) is 9.69. The predicted molar refractivity (Wildman–Crippen MR) is 156 cm³/mol. The van der Waals surface area contributed by atoms with Gasteiger partial charge in [-0.2, -0.15) is 20.2 Å². The molecule has 4 aromatic rings. The molecule has 5 N–H and O–H groups in total. The van der Waals surface area contributed by atoms with E-state index in [4.69, 9.17) is 0 Å². The molecule has 0 unspecified atom stereocenters. The molecule has 0 aliphatic heterocycles. The van der Waals surface area contributed by atoms with Gasteiger partial charge in [0, 0.05) is 37.0 Å².